The van der Waals surface area contributed by atoms with E-state index in [-0.39, 0.29) is 0 Å². The van der Waals surface area contributed by atoms with Gasteiger partial charge in [0.1, 0.15) is 0 Å². The molecule has 3 nitrogen and oxygen atoms in total. The molecular weight excluding hydrogens is 647 g/mol. The van der Waals surface area contributed by atoms with Crippen LogP contribution >= 0.6 is 0 Å². The fourth-order valence-corrected chi connectivity index (χ4v) is 7.69. The molecule has 4 heteroatoms. The Hall–Kier alpha value is -6.23. The second-order valence-corrected chi connectivity index (χ2v) is 19.3. The Kier molecular flexibility index (Phi) is 8.98. The van der Waals surface area contributed by atoms with Gasteiger partial charge in [-0.25, -0.2) is 15.0 Å². The van der Waals surface area contributed by atoms with Crippen LogP contribution in [0.2, 0.25) is 19.6 Å². The predicted molar refractivity (Wildman–Crippen MR) is 221 cm³/mol. The van der Waals surface area contributed by atoms with Crippen LogP contribution in [0.1, 0.15) is 0 Å². The molecule has 52 heavy (non-hydrogen) atoms. The third kappa shape index (κ3) is 7.16. The zero-order chi connectivity index (χ0) is 35.5. The Morgan fingerprint density at radius 2 is 0.558 bits per heavy atom. The molecule has 250 valence electrons. The zero-order valence-electron chi connectivity index (χ0n) is 29.7. The van der Waals surface area contributed by atoms with E-state index >= 15 is 0 Å². The molecule has 0 radical (unpaired) electrons. The van der Waals surface area contributed by atoms with Crippen LogP contribution in [0.15, 0.2) is 182 Å². The fourth-order valence-electron chi connectivity index (χ4n) is 6.53. The lowest BCUT2D eigenvalue weighted by atomic mass is 9.98. The van der Waals surface area contributed by atoms with Crippen LogP contribution in [0.4, 0.5) is 0 Å². The average Bonchev–Trinajstić information content (AvgIpc) is 3.21. The maximum Gasteiger partial charge on any atom is 0.164 e. The molecule has 0 atom stereocenters. The second kappa shape index (κ2) is 14.2. The molecule has 8 aromatic rings. The van der Waals surface area contributed by atoms with E-state index in [9.17, 15) is 0 Å². The Morgan fingerprint density at radius 3 is 1.00 bits per heavy atom. The second-order valence-electron chi connectivity index (χ2n) is 14.2. The van der Waals surface area contributed by atoms with Crippen molar-refractivity contribution in [2.45, 2.75) is 19.6 Å². The molecule has 0 saturated heterocycles. The molecule has 0 fully saturated rings. The molecule has 1 aromatic heterocycles. The van der Waals surface area contributed by atoms with Gasteiger partial charge in [0.05, 0.1) is 8.07 Å². The first-order valence-corrected chi connectivity index (χ1v) is 21.3. The minimum Gasteiger partial charge on any atom is -0.208 e. The van der Waals surface area contributed by atoms with Gasteiger partial charge in [0, 0.05) is 16.7 Å². The summed E-state index contributed by atoms with van der Waals surface area (Å²) in [5.74, 6) is 1.92. The van der Waals surface area contributed by atoms with E-state index < -0.39 is 8.07 Å². The fraction of sp³-hybridized carbons (Fsp3) is 0.0625. The number of benzene rings is 7. The summed E-state index contributed by atoms with van der Waals surface area (Å²) in [5, 5.41) is 1.47. The monoisotopic (exact) mass is 685 g/mol. The van der Waals surface area contributed by atoms with Crippen molar-refractivity contribution in [3.05, 3.63) is 182 Å². The quantitative estimate of drug-likeness (QED) is 0.149. The van der Waals surface area contributed by atoms with E-state index in [0.29, 0.717) is 17.5 Å². The smallest absolute Gasteiger partial charge is 0.164 e. The summed E-state index contributed by atoms with van der Waals surface area (Å²) in [4.78, 5) is 15.2. The highest BCUT2D eigenvalue weighted by Gasteiger charge is 2.17. The molecule has 0 N–H and O–H groups in total. The summed E-state index contributed by atoms with van der Waals surface area (Å²) < 4.78 is 0. The highest BCUT2D eigenvalue weighted by molar-refractivity contribution is 6.88. The molecule has 0 bridgehead atoms. The average molecular weight is 686 g/mol. The standard InChI is InChI=1S/C48H39N3Si/c1-52(2,3)45-30-28-38(29-31-45)41-16-10-17-42(32-41)43-18-11-19-44(33-43)48-50-46(39-24-20-36(21-25-39)34-12-6-4-7-13-34)49-47(51-48)40-26-22-37(23-27-40)35-14-8-5-9-15-35/h4-33H,1-3H3. The minimum atomic E-state index is -1.36. The predicted octanol–water partition coefficient (Wildman–Crippen LogP) is 12.1. The van der Waals surface area contributed by atoms with Gasteiger partial charge in [0.2, 0.25) is 0 Å². The van der Waals surface area contributed by atoms with Crippen molar-refractivity contribution < 1.29 is 0 Å². The Morgan fingerprint density at radius 1 is 0.269 bits per heavy atom. The van der Waals surface area contributed by atoms with Crippen molar-refractivity contribution >= 4 is 13.3 Å². The molecule has 8 rings (SSSR count). The van der Waals surface area contributed by atoms with Crippen LogP contribution in [0.25, 0.3) is 78.7 Å². The van der Waals surface area contributed by atoms with Gasteiger partial charge in [-0.05, 0) is 56.6 Å². The van der Waals surface area contributed by atoms with Crippen LogP contribution in [0.3, 0.4) is 0 Å². The first kappa shape index (κ1) is 32.9. The molecule has 0 saturated carbocycles. The third-order valence-corrected chi connectivity index (χ3v) is 11.6. The lowest BCUT2D eigenvalue weighted by Gasteiger charge is -2.17. The van der Waals surface area contributed by atoms with E-state index in [1.165, 1.54) is 27.4 Å². The first-order valence-electron chi connectivity index (χ1n) is 17.8. The van der Waals surface area contributed by atoms with E-state index in [4.69, 9.17) is 15.0 Å². The van der Waals surface area contributed by atoms with E-state index in [1.807, 2.05) is 12.1 Å². The van der Waals surface area contributed by atoms with Crippen molar-refractivity contribution in [3.63, 3.8) is 0 Å². The van der Waals surface area contributed by atoms with Crippen molar-refractivity contribution in [1.29, 1.82) is 0 Å². The number of hydrogen-bond donors (Lipinski definition) is 0. The number of rotatable bonds is 8. The third-order valence-electron chi connectivity index (χ3n) is 9.54. The summed E-state index contributed by atoms with van der Waals surface area (Å²) in [7, 11) is -1.36. The van der Waals surface area contributed by atoms with Gasteiger partial charge in [0.15, 0.2) is 17.5 Å². The van der Waals surface area contributed by atoms with Crippen molar-refractivity contribution in [1.82, 2.24) is 15.0 Å². The summed E-state index contributed by atoms with van der Waals surface area (Å²) in [5.41, 5.74) is 12.2. The topological polar surface area (TPSA) is 38.7 Å². The molecule has 0 aliphatic carbocycles. The van der Waals surface area contributed by atoms with E-state index in [0.717, 1.165) is 38.9 Å². The van der Waals surface area contributed by atoms with Gasteiger partial charge in [-0.3, -0.25) is 0 Å². The van der Waals surface area contributed by atoms with Gasteiger partial charge < -0.3 is 0 Å². The van der Waals surface area contributed by atoms with Crippen molar-refractivity contribution in [3.8, 4) is 78.7 Å². The number of hydrogen-bond acceptors (Lipinski definition) is 3. The highest BCUT2D eigenvalue weighted by atomic mass is 28.3. The largest absolute Gasteiger partial charge is 0.208 e. The minimum absolute atomic E-state index is 0.638. The number of aromatic nitrogens is 3. The Bertz CT molecular complexity index is 2350. The zero-order valence-corrected chi connectivity index (χ0v) is 30.7. The van der Waals surface area contributed by atoms with Crippen LogP contribution in [-0.2, 0) is 0 Å². The number of nitrogens with zero attached hydrogens (tertiary/aromatic N) is 3. The van der Waals surface area contributed by atoms with Gasteiger partial charge in [-0.15, -0.1) is 0 Å². The van der Waals surface area contributed by atoms with Crippen molar-refractivity contribution in [2.24, 2.45) is 0 Å². The molecule has 0 spiro atoms. The van der Waals surface area contributed by atoms with Crippen LogP contribution < -0.4 is 5.19 Å². The van der Waals surface area contributed by atoms with Crippen LogP contribution in [-0.4, -0.2) is 23.0 Å². The SMILES string of the molecule is C[Si](C)(C)c1ccc(-c2cccc(-c3cccc(-c4nc(-c5ccc(-c6ccccc6)cc5)nc(-c5ccc(-c6ccccc6)cc5)n4)c3)c2)cc1. The molecular formula is C48H39N3Si. The molecule has 0 aliphatic heterocycles. The summed E-state index contributed by atoms with van der Waals surface area (Å²) in [6.45, 7) is 7.16. The molecule has 0 unspecified atom stereocenters. The van der Waals surface area contributed by atoms with Gasteiger partial charge in [-0.1, -0.05) is 195 Å². The lowest BCUT2D eigenvalue weighted by molar-refractivity contribution is 1.07. The van der Waals surface area contributed by atoms with Gasteiger partial charge >= 0.3 is 0 Å². The maximum atomic E-state index is 5.08. The Labute approximate surface area is 307 Å². The lowest BCUT2D eigenvalue weighted by Crippen LogP contribution is -2.37. The van der Waals surface area contributed by atoms with Crippen LogP contribution in [0, 0.1) is 0 Å². The molecule has 0 amide bonds. The van der Waals surface area contributed by atoms with Gasteiger partial charge in [0.25, 0.3) is 0 Å². The summed E-state index contributed by atoms with van der Waals surface area (Å²) >= 11 is 0. The molecule has 0 aliphatic rings. The van der Waals surface area contributed by atoms with E-state index in [1.54, 1.807) is 0 Å². The molecule has 7 aromatic carbocycles. The first-order chi connectivity index (χ1) is 25.4. The Balaban J connectivity index is 1.17. The van der Waals surface area contributed by atoms with Crippen molar-refractivity contribution in [2.75, 3.05) is 0 Å². The van der Waals surface area contributed by atoms with Gasteiger partial charge in [-0.2, -0.15) is 0 Å². The summed E-state index contributed by atoms with van der Waals surface area (Å²) in [6.07, 6.45) is 0. The van der Waals surface area contributed by atoms with E-state index in [2.05, 4.69) is 189 Å². The molecule has 1 heterocycles. The normalized spacial score (nSPS) is 11.4. The van der Waals surface area contributed by atoms with Crippen LogP contribution in [0.5, 0.6) is 0 Å². The highest BCUT2D eigenvalue weighted by Crippen LogP contribution is 2.32. The maximum absolute atomic E-state index is 5.08. The summed E-state index contributed by atoms with van der Waals surface area (Å²) in [6, 6.07) is 64.2.